The van der Waals surface area contributed by atoms with Crippen LogP contribution in [0.1, 0.15) is 31.0 Å². The van der Waals surface area contributed by atoms with Gasteiger partial charge in [-0.05, 0) is 37.3 Å². The number of sulfonamides is 1. The molecule has 9 heteroatoms. The van der Waals surface area contributed by atoms with E-state index in [1.165, 1.54) is 6.33 Å². The smallest absolute Gasteiger partial charge is 0.285 e. The highest BCUT2D eigenvalue weighted by atomic mass is 32.2. The number of aryl methyl sites for hydroxylation is 1. The lowest BCUT2D eigenvalue weighted by Crippen LogP contribution is -2.41. The van der Waals surface area contributed by atoms with Crippen LogP contribution in [0.4, 0.5) is 10.2 Å². The first kappa shape index (κ1) is 19.8. The highest BCUT2D eigenvalue weighted by molar-refractivity contribution is 7.90. The molecule has 154 valence electrons. The first-order valence-electron chi connectivity index (χ1n) is 9.80. The highest BCUT2D eigenvalue weighted by Crippen LogP contribution is 2.30. The van der Waals surface area contributed by atoms with Gasteiger partial charge in [0.1, 0.15) is 11.2 Å². The fraction of sp³-hybridized carbons (Fsp3) is 0.450. The number of rotatable bonds is 4. The lowest BCUT2D eigenvalue weighted by molar-refractivity contribution is 0.269. The van der Waals surface area contributed by atoms with Crippen molar-refractivity contribution in [2.45, 2.75) is 31.1 Å². The monoisotopic (exact) mass is 417 g/mol. The minimum Gasteiger partial charge on any atom is -0.357 e. The topological polar surface area (TPSA) is 78.8 Å². The largest absolute Gasteiger partial charge is 0.357 e. The normalized spacial score (nSPS) is 18.4. The molecule has 2 aliphatic rings. The molecule has 0 spiro atoms. The fourth-order valence-corrected chi connectivity index (χ4v) is 5.25. The number of hydrogen-bond donors (Lipinski definition) is 0. The number of likely N-dealkylation sites (tertiary alicyclic amines) is 1. The van der Waals surface area contributed by atoms with Crippen molar-refractivity contribution in [2.75, 3.05) is 31.6 Å². The molecule has 0 aliphatic carbocycles. The van der Waals surface area contributed by atoms with Crippen molar-refractivity contribution in [1.29, 1.82) is 0 Å². The van der Waals surface area contributed by atoms with E-state index in [1.54, 1.807) is 12.1 Å². The Morgan fingerprint density at radius 3 is 2.66 bits per heavy atom. The summed E-state index contributed by atoms with van der Waals surface area (Å²) in [6.07, 6.45) is 3.68. The van der Waals surface area contributed by atoms with Crippen LogP contribution in [0.2, 0.25) is 0 Å². The molecule has 1 fully saturated rings. The van der Waals surface area contributed by atoms with E-state index in [0.717, 1.165) is 12.8 Å². The van der Waals surface area contributed by atoms with Crippen molar-refractivity contribution in [2.24, 2.45) is 10.3 Å². The lowest BCUT2D eigenvalue weighted by Gasteiger charge is -2.35. The Morgan fingerprint density at radius 2 is 1.93 bits per heavy atom. The lowest BCUT2D eigenvalue weighted by atomic mass is 9.95. The van der Waals surface area contributed by atoms with E-state index in [0.29, 0.717) is 54.9 Å². The standard InChI is InChI=1S/C20H24FN5O2S/c1-3-16-18(21)20(23-13-22-16)25(2)12-14-8-10-26(11-9-14)19-15-6-4-5-7-17(15)29(27,28)24-19/h4-7,13-14H,3,8-12H2,1-2H3. The molecule has 29 heavy (non-hydrogen) atoms. The van der Waals surface area contributed by atoms with Gasteiger partial charge in [0.05, 0.1) is 5.69 Å². The molecule has 2 aliphatic heterocycles. The van der Waals surface area contributed by atoms with E-state index in [9.17, 15) is 12.8 Å². The Morgan fingerprint density at radius 1 is 1.21 bits per heavy atom. The second kappa shape index (κ2) is 7.70. The number of piperidine rings is 1. The van der Waals surface area contributed by atoms with Crippen molar-refractivity contribution >= 4 is 21.7 Å². The van der Waals surface area contributed by atoms with Gasteiger partial charge in [0.25, 0.3) is 10.0 Å². The van der Waals surface area contributed by atoms with Crippen LogP contribution in [-0.2, 0) is 16.4 Å². The number of nitrogens with zero attached hydrogens (tertiary/aromatic N) is 5. The van der Waals surface area contributed by atoms with E-state index in [4.69, 9.17) is 0 Å². The van der Waals surface area contributed by atoms with Crippen LogP contribution < -0.4 is 4.90 Å². The molecule has 1 saturated heterocycles. The second-order valence-electron chi connectivity index (χ2n) is 7.51. The third-order valence-electron chi connectivity index (χ3n) is 5.60. The summed E-state index contributed by atoms with van der Waals surface area (Å²) in [6.45, 7) is 3.99. The van der Waals surface area contributed by atoms with Crippen LogP contribution in [0.3, 0.4) is 0 Å². The Hall–Kier alpha value is -2.55. The van der Waals surface area contributed by atoms with Crippen LogP contribution in [-0.4, -0.2) is 55.8 Å². The van der Waals surface area contributed by atoms with E-state index < -0.39 is 10.0 Å². The number of fused-ring (bicyclic) bond motifs is 1. The average Bonchev–Trinajstić information content (AvgIpc) is 3.00. The maximum Gasteiger partial charge on any atom is 0.285 e. The Balaban J connectivity index is 1.42. The predicted molar refractivity (Wildman–Crippen MR) is 109 cm³/mol. The van der Waals surface area contributed by atoms with E-state index >= 15 is 0 Å². The first-order chi connectivity index (χ1) is 13.9. The SMILES string of the molecule is CCc1ncnc(N(C)CC2CCN(C3=NS(=O)(=O)c4ccccc43)CC2)c1F. The fourth-order valence-electron chi connectivity index (χ4n) is 4.03. The van der Waals surface area contributed by atoms with E-state index in [-0.39, 0.29) is 10.7 Å². The van der Waals surface area contributed by atoms with Crippen LogP contribution in [0.5, 0.6) is 0 Å². The zero-order valence-electron chi connectivity index (χ0n) is 16.5. The number of anilines is 1. The number of benzene rings is 1. The van der Waals surface area contributed by atoms with Gasteiger partial charge in [0.2, 0.25) is 0 Å². The van der Waals surface area contributed by atoms with Gasteiger partial charge in [-0.25, -0.2) is 14.4 Å². The summed E-state index contributed by atoms with van der Waals surface area (Å²) in [4.78, 5) is 12.3. The van der Waals surface area contributed by atoms with Crippen LogP contribution >= 0.6 is 0 Å². The summed E-state index contributed by atoms with van der Waals surface area (Å²) >= 11 is 0. The van der Waals surface area contributed by atoms with Crippen molar-refractivity contribution in [3.05, 3.63) is 47.7 Å². The quantitative estimate of drug-likeness (QED) is 0.761. The van der Waals surface area contributed by atoms with Gasteiger partial charge in [0.15, 0.2) is 17.5 Å². The zero-order valence-corrected chi connectivity index (χ0v) is 17.4. The van der Waals surface area contributed by atoms with Gasteiger partial charge in [-0.2, -0.15) is 8.42 Å². The van der Waals surface area contributed by atoms with Crippen molar-refractivity contribution in [3.8, 4) is 0 Å². The van der Waals surface area contributed by atoms with Gasteiger partial charge in [0, 0.05) is 32.2 Å². The molecule has 0 bridgehead atoms. The van der Waals surface area contributed by atoms with E-state index in [1.807, 2.05) is 35.9 Å². The van der Waals surface area contributed by atoms with Gasteiger partial charge in [-0.3, -0.25) is 0 Å². The number of hydrogen-bond acceptors (Lipinski definition) is 6. The molecule has 3 heterocycles. The molecule has 0 unspecified atom stereocenters. The molecule has 1 aromatic heterocycles. The van der Waals surface area contributed by atoms with Gasteiger partial charge >= 0.3 is 0 Å². The molecule has 7 nitrogen and oxygen atoms in total. The van der Waals surface area contributed by atoms with Crippen LogP contribution in [0.25, 0.3) is 0 Å². The summed E-state index contributed by atoms with van der Waals surface area (Å²) in [7, 11) is -1.75. The summed E-state index contributed by atoms with van der Waals surface area (Å²) in [5.41, 5.74) is 1.11. The Kier molecular flexibility index (Phi) is 5.24. The first-order valence-corrected chi connectivity index (χ1v) is 11.2. The molecule has 0 saturated carbocycles. The van der Waals surface area contributed by atoms with Crippen molar-refractivity contribution in [1.82, 2.24) is 14.9 Å². The molecule has 4 rings (SSSR count). The molecule has 1 aromatic carbocycles. The van der Waals surface area contributed by atoms with Gasteiger partial charge < -0.3 is 9.80 Å². The minimum atomic E-state index is -3.60. The Bertz CT molecular complexity index is 1050. The molecule has 0 radical (unpaired) electrons. The van der Waals surface area contributed by atoms with Gasteiger partial charge in [-0.1, -0.05) is 19.1 Å². The van der Waals surface area contributed by atoms with E-state index in [2.05, 4.69) is 14.4 Å². The molecule has 2 aromatic rings. The minimum absolute atomic E-state index is 0.280. The molecule has 0 atom stereocenters. The second-order valence-corrected chi connectivity index (χ2v) is 9.08. The molecule has 0 N–H and O–H groups in total. The van der Waals surface area contributed by atoms with Crippen LogP contribution in [0.15, 0.2) is 39.9 Å². The summed E-state index contributed by atoms with van der Waals surface area (Å²) in [5, 5.41) is 0. The summed E-state index contributed by atoms with van der Waals surface area (Å²) in [6, 6.07) is 6.95. The number of halogens is 1. The number of amidine groups is 1. The van der Waals surface area contributed by atoms with Crippen molar-refractivity contribution in [3.63, 3.8) is 0 Å². The predicted octanol–water partition coefficient (Wildman–Crippen LogP) is 2.48. The average molecular weight is 418 g/mol. The Labute approximate surface area is 170 Å². The molecular formula is C20H24FN5O2S. The third-order valence-corrected chi connectivity index (χ3v) is 6.92. The maximum absolute atomic E-state index is 14.5. The summed E-state index contributed by atoms with van der Waals surface area (Å²) in [5.74, 6) is 0.892. The molecule has 0 amide bonds. The maximum atomic E-state index is 14.5. The van der Waals surface area contributed by atoms with Crippen molar-refractivity contribution < 1.29 is 12.8 Å². The summed E-state index contributed by atoms with van der Waals surface area (Å²) < 4.78 is 43.1. The third kappa shape index (κ3) is 3.71. The number of aromatic nitrogens is 2. The van der Waals surface area contributed by atoms with Gasteiger partial charge in [-0.15, -0.1) is 4.40 Å². The zero-order chi connectivity index (χ0) is 20.6. The highest BCUT2D eigenvalue weighted by Gasteiger charge is 2.33. The van der Waals surface area contributed by atoms with Crippen LogP contribution in [0, 0.1) is 11.7 Å². The molecular weight excluding hydrogens is 393 g/mol.